The van der Waals surface area contributed by atoms with E-state index in [1.807, 2.05) is 13.0 Å². The molecule has 2 aliphatic heterocycles. The van der Waals surface area contributed by atoms with E-state index < -0.39 is 10.0 Å². The van der Waals surface area contributed by atoms with Crippen molar-refractivity contribution in [2.45, 2.75) is 57.0 Å². The normalized spacial score (nSPS) is 20.5. The van der Waals surface area contributed by atoms with Crippen LogP contribution in [0, 0.1) is 12.8 Å². The van der Waals surface area contributed by atoms with Crippen LogP contribution in [0.1, 0.15) is 48.8 Å². The molecule has 0 unspecified atom stereocenters. The third kappa shape index (κ3) is 6.22. The summed E-state index contributed by atoms with van der Waals surface area (Å²) < 4.78 is 27.5. The topological polar surface area (TPSA) is 69.7 Å². The molecule has 0 aliphatic carbocycles. The number of hydrogen-bond acceptors (Lipinski definition) is 4. The van der Waals surface area contributed by atoms with E-state index in [0.717, 1.165) is 30.8 Å². The van der Waals surface area contributed by atoms with Crippen molar-refractivity contribution >= 4 is 15.9 Å². The number of benzene rings is 2. The molecule has 1 amide bonds. The summed E-state index contributed by atoms with van der Waals surface area (Å²) in [5.41, 5.74) is 3.37. The summed E-state index contributed by atoms with van der Waals surface area (Å²) in [7, 11) is -3.58. The summed E-state index contributed by atoms with van der Waals surface area (Å²) in [6.45, 7) is 6.36. The van der Waals surface area contributed by atoms with Crippen molar-refractivity contribution in [2.75, 3.05) is 26.2 Å². The molecule has 178 valence electrons. The van der Waals surface area contributed by atoms with Crippen molar-refractivity contribution in [1.29, 1.82) is 0 Å². The number of nitrogens with one attached hydrogen (secondary N) is 1. The highest BCUT2D eigenvalue weighted by Crippen LogP contribution is 2.24. The van der Waals surface area contributed by atoms with E-state index in [-0.39, 0.29) is 18.4 Å². The SMILES string of the molecule is Cc1ccc(S(=O)(=O)N2CCC[C@H](C(=O)NCc3cccc(CN4CCCCC4)c3)C2)cc1. The van der Waals surface area contributed by atoms with Crippen LogP contribution >= 0.6 is 0 Å². The average Bonchev–Trinajstić information content (AvgIpc) is 2.84. The van der Waals surface area contributed by atoms with Crippen LogP contribution in [-0.2, 0) is 27.9 Å². The van der Waals surface area contributed by atoms with Gasteiger partial charge in [0.2, 0.25) is 15.9 Å². The predicted octanol–water partition coefficient (Wildman–Crippen LogP) is 3.70. The summed E-state index contributed by atoms with van der Waals surface area (Å²) in [5.74, 6) is -0.393. The molecule has 0 saturated carbocycles. The fourth-order valence-electron chi connectivity index (χ4n) is 4.78. The van der Waals surface area contributed by atoms with E-state index in [0.29, 0.717) is 30.8 Å². The highest BCUT2D eigenvalue weighted by molar-refractivity contribution is 7.89. The minimum Gasteiger partial charge on any atom is -0.352 e. The van der Waals surface area contributed by atoms with Gasteiger partial charge in [-0.05, 0) is 69.0 Å². The number of carbonyl (C=O) groups is 1. The van der Waals surface area contributed by atoms with Gasteiger partial charge in [-0.1, -0.05) is 48.4 Å². The maximum Gasteiger partial charge on any atom is 0.243 e. The predicted molar refractivity (Wildman–Crippen MR) is 130 cm³/mol. The van der Waals surface area contributed by atoms with Crippen molar-refractivity contribution in [3.63, 3.8) is 0 Å². The van der Waals surface area contributed by atoms with E-state index in [4.69, 9.17) is 0 Å². The zero-order chi connectivity index (χ0) is 23.3. The fourth-order valence-corrected chi connectivity index (χ4v) is 6.31. The first-order valence-electron chi connectivity index (χ1n) is 12.1. The van der Waals surface area contributed by atoms with Crippen LogP contribution in [0.15, 0.2) is 53.4 Å². The van der Waals surface area contributed by atoms with Gasteiger partial charge < -0.3 is 5.32 Å². The van der Waals surface area contributed by atoms with E-state index in [1.54, 1.807) is 24.3 Å². The first-order valence-corrected chi connectivity index (χ1v) is 13.5. The standard InChI is InChI=1S/C26H35N3O3S/c1-21-10-12-25(13-11-21)33(31,32)29-16-6-9-24(20-29)26(30)27-18-22-7-5-8-23(17-22)19-28-14-3-2-4-15-28/h5,7-8,10-13,17,24H,2-4,6,9,14-16,18-20H2,1H3,(H,27,30)/t24-/m0/s1. The molecule has 2 aromatic rings. The molecule has 2 heterocycles. The molecule has 0 spiro atoms. The fraction of sp³-hybridized carbons (Fsp3) is 0.500. The molecule has 2 aromatic carbocycles. The number of sulfonamides is 1. The van der Waals surface area contributed by atoms with Gasteiger partial charge in [-0.15, -0.1) is 0 Å². The molecule has 0 bridgehead atoms. The van der Waals surface area contributed by atoms with Gasteiger partial charge in [0.15, 0.2) is 0 Å². The molecule has 6 nitrogen and oxygen atoms in total. The molecule has 2 aliphatic rings. The number of hydrogen-bond donors (Lipinski definition) is 1. The van der Waals surface area contributed by atoms with Gasteiger partial charge in [-0.2, -0.15) is 4.31 Å². The minimum atomic E-state index is -3.58. The lowest BCUT2D eigenvalue weighted by molar-refractivity contribution is -0.126. The monoisotopic (exact) mass is 469 g/mol. The van der Waals surface area contributed by atoms with Crippen LogP contribution in [0.3, 0.4) is 0 Å². The van der Waals surface area contributed by atoms with Crippen LogP contribution < -0.4 is 5.32 Å². The van der Waals surface area contributed by atoms with Gasteiger partial charge >= 0.3 is 0 Å². The summed E-state index contributed by atoms with van der Waals surface area (Å²) >= 11 is 0. The maximum absolute atomic E-state index is 13.0. The number of aryl methyl sites for hydroxylation is 1. The summed E-state index contributed by atoms with van der Waals surface area (Å²) in [6.07, 6.45) is 5.27. The Bertz CT molecular complexity index is 1050. The second-order valence-corrected chi connectivity index (χ2v) is 11.3. The number of amides is 1. The number of likely N-dealkylation sites (tertiary alicyclic amines) is 1. The zero-order valence-electron chi connectivity index (χ0n) is 19.5. The smallest absolute Gasteiger partial charge is 0.243 e. The lowest BCUT2D eigenvalue weighted by Crippen LogP contribution is -2.45. The number of nitrogens with zero attached hydrogens (tertiary/aromatic N) is 2. The summed E-state index contributed by atoms with van der Waals surface area (Å²) in [5, 5.41) is 3.04. The van der Waals surface area contributed by atoms with Gasteiger partial charge in [0, 0.05) is 26.2 Å². The molecular weight excluding hydrogens is 434 g/mol. The number of piperidine rings is 2. The number of carbonyl (C=O) groups excluding carboxylic acids is 1. The largest absolute Gasteiger partial charge is 0.352 e. The summed E-state index contributed by atoms with van der Waals surface area (Å²) in [6, 6.07) is 15.3. The van der Waals surface area contributed by atoms with E-state index in [2.05, 4.69) is 28.4 Å². The molecule has 1 atom stereocenters. The average molecular weight is 470 g/mol. The first kappa shape index (κ1) is 23.9. The molecule has 2 saturated heterocycles. The Labute approximate surface area is 198 Å². The highest BCUT2D eigenvalue weighted by atomic mass is 32.2. The van der Waals surface area contributed by atoms with Crippen LogP contribution in [0.5, 0.6) is 0 Å². The second-order valence-electron chi connectivity index (χ2n) is 9.39. The lowest BCUT2D eigenvalue weighted by Gasteiger charge is -2.31. The van der Waals surface area contributed by atoms with Crippen molar-refractivity contribution in [1.82, 2.24) is 14.5 Å². The number of rotatable bonds is 7. The Morgan fingerprint density at radius 3 is 2.45 bits per heavy atom. The van der Waals surface area contributed by atoms with E-state index in [1.165, 1.54) is 29.1 Å². The quantitative estimate of drug-likeness (QED) is 0.671. The molecule has 0 radical (unpaired) electrons. The molecular formula is C26H35N3O3S. The van der Waals surface area contributed by atoms with Crippen LogP contribution in [0.25, 0.3) is 0 Å². The van der Waals surface area contributed by atoms with Crippen LogP contribution in [0.4, 0.5) is 0 Å². The van der Waals surface area contributed by atoms with Crippen molar-refractivity contribution < 1.29 is 13.2 Å². The molecule has 33 heavy (non-hydrogen) atoms. The minimum absolute atomic E-state index is 0.0692. The van der Waals surface area contributed by atoms with Crippen LogP contribution in [-0.4, -0.2) is 49.7 Å². The maximum atomic E-state index is 13.0. The Balaban J connectivity index is 1.33. The second kappa shape index (κ2) is 10.8. The Morgan fingerprint density at radius 2 is 1.70 bits per heavy atom. The van der Waals surface area contributed by atoms with Gasteiger partial charge in [0.05, 0.1) is 10.8 Å². The van der Waals surface area contributed by atoms with E-state index in [9.17, 15) is 13.2 Å². The summed E-state index contributed by atoms with van der Waals surface area (Å²) in [4.78, 5) is 15.7. The lowest BCUT2D eigenvalue weighted by atomic mass is 9.98. The third-order valence-electron chi connectivity index (χ3n) is 6.73. The van der Waals surface area contributed by atoms with Gasteiger partial charge in [-0.25, -0.2) is 8.42 Å². The molecule has 4 rings (SSSR count). The van der Waals surface area contributed by atoms with Crippen molar-refractivity contribution in [3.8, 4) is 0 Å². The Morgan fingerprint density at radius 1 is 0.970 bits per heavy atom. The Hall–Kier alpha value is -2.22. The molecule has 1 N–H and O–H groups in total. The van der Waals surface area contributed by atoms with Gasteiger partial charge in [0.25, 0.3) is 0 Å². The van der Waals surface area contributed by atoms with Gasteiger partial charge in [-0.3, -0.25) is 9.69 Å². The first-order chi connectivity index (χ1) is 15.9. The molecule has 0 aromatic heterocycles. The Kier molecular flexibility index (Phi) is 7.83. The van der Waals surface area contributed by atoms with Crippen LogP contribution in [0.2, 0.25) is 0 Å². The van der Waals surface area contributed by atoms with Crippen molar-refractivity contribution in [3.05, 3.63) is 65.2 Å². The third-order valence-corrected chi connectivity index (χ3v) is 8.61. The molecule has 2 fully saturated rings. The van der Waals surface area contributed by atoms with E-state index >= 15 is 0 Å². The van der Waals surface area contributed by atoms with Crippen molar-refractivity contribution in [2.24, 2.45) is 5.92 Å². The van der Waals surface area contributed by atoms with Gasteiger partial charge in [0.1, 0.15) is 0 Å². The highest BCUT2D eigenvalue weighted by Gasteiger charge is 2.33. The zero-order valence-corrected chi connectivity index (χ0v) is 20.3. The molecule has 7 heteroatoms.